The van der Waals surface area contributed by atoms with E-state index in [-0.39, 0.29) is 5.92 Å². The molecule has 5 heteroatoms. The van der Waals surface area contributed by atoms with Gasteiger partial charge in [0, 0.05) is 10.8 Å². The maximum Gasteiger partial charge on any atom is 0.201 e. The van der Waals surface area contributed by atoms with Crippen LogP contribution in [0.15, 0.2) is 16.3 Å². The van der Waals surface area contributed by atoms with Crippen molar-refractivity contribution in [2.24, 2.45) is 5.92 Å². The molecule has 0 saturated carbocycles. The molecule has 1 aromatic rings. The Hall–Kier alpha value is -0.680. The number of hydrogen-bond donors (Lipinski definition) is 0. The molecule has 0 amide bonds. The molecule has 0 bridgehead atoms. The molecular formula is C12H17O3S2. The second kappa shape index (κ2) is 4.90. The van der Waals surface area contributed by atoms with Gasteiger partial charge in [-0.25, -0.2) is 8.42 Å². The fourth-order valence-electron chi connectivity index (χ4n) is 1.37. The normalized spacial score (nSPS) is 14.6. The molecule has 1 rings (SSSR count). The highest BCUT2D eigenvalue weighted by Gasteiger charge is 2.33. The maximum absolute atomic E-state index is 12.3. The molecule has 17 heavy (non-hydrogen) atoms. The highest BCUT2D eigenvalue weighted by atomic mass is 32.2. The predicted octanol–water partition coefficient (Wildman–Crippen LogP) is 2.61. The third-order valence-corrected chi connectivity index (χ3v) is 6.14. The van der Waals surface area contributed by atoms with Gasteiger partial charge in [0.25, 0.3) is 0 Å². The average Bonchev–Trinajstić information content (AvgIpc) is 2.64. The van der Waals surface area contributed by atoms with E-state index in [1.165, 1.54) is 11.3 Å². The molecule has 1 heterocycles. The number of hydrogen-bond acceptors (Lipinski definition) is 4. The van der Waals surface area contributed by atoms with E-state index in [1.807, 2.05) is 6.29 Å². The minimum atomic E-state index is -3.34. The molecule has 95 valence electrons. The smallest absolute Gasteiger partial charge is 0.201 e. The van der Waals surface area contributed by atoms with Crippen molar-refractivity contribution in [1.82, 2.24) is 0 Å². The summed E-state index contributed by atoms with van der Waals surface area (Å²) in [6.45, 7) is 6.78. The Morgan fingerprint density at radius 1 is 1.41 bits per heavy atom. The molecule has 0 aliphatic carbocycles. The quantitative estimate of drug-likeness (QED) is 0.847. The van der Waals surface area contributed by atoms with Crippen LogP contribution in [0, 0.1) is 5.92 Å². The fraction of sp³-hybridized carbons (Fsp3) is 0.583. The van der Waals surface area contributed by atoms with E-state index in [9.17, 15) is 13.2 Å². The lowest BCUT2D eigenvalue weighted by Gasteiger charge is -2.19. The summed E-state index contributed by atoms with van der Waals surface area (Å²) in [7, 11) is -3.34. The zero-order valence-electron chi connectivity index (χ0n) is 10.5. The van der Waals surface area contributed by atoms with Gasteiger partial charge in [-0.3, -0.25) is 4.79 Å². The van der Waals surface area contributed by atoms with Crippen LogP contribution in [0.2, 0.25) is 0 Å². The molecule has 0 aromatic carbocycles. The van der Waals surface area contributed by atoms with Crippen LogP contribution in [0.5, 0.6) is 0 Å². The molecule has 0 spiro atoms. The van der Waals surface area contributed by atoms with Crippen molar-refractivity contribution in [3.8, 4) is 0 Å². The van der Waals surface area contributed by atoms with Gasteiger partial charge in [-0.05, 0) is 38.6 Å². The topological polar surface area (TPSA) is 51.2 Å². The van der Waals surface area contributed by atoms with Crippen molar-refractivity contribution in [3.05, 3.63) is 16.3 Å². The van der Waals surface area contributed by atoms with Gasteiger partial charge in [-0.2, -0.15) is 0 Å². The predicted molar refractivity (Wildman–Crippen MR) is 69.8 cm³/mol. The Morgan fingerprint density at radius 3 is 2.47 bits per heavy atom. The molecule has 1 radical (unpaired) electrons. The lowest BCUT2D eigenvalue weighted by molar-refractivity contribution is 0.527. The van der Waals surface area contributed by atoms with Gasteiger partial charge in [0.05, 0.1) is 9.64 Å². The highest BCUT2D eigenvalue weighted by molar-refractivity contribution is 7.93. The molecule has 0 aliphatic rings. The molecule has 0 fully saturated rings. The standard InChI is InChI=1S/C12H17O3S2/c1-9(8-13)7-10-11(5-6-16-10)17(14,15)12(2,3)4/h5-6,9H,7H2,1-4H3. The van der Waals surface area contributed by atoms with Gasteiger partial charge in [0.2, 0.25) is 6.29 Å². The summed E-state index contributed by atoms with van der Waals surface area (Å²) in [6, 6.07) is 1.62. The van der Waals surface area contributed by atoms with E-state index in [0.717, 1.165) is 4.88 Å². The molecule has 0 N–H and O–H groups in total. The van der Waals surface area contributed by atoms with E-state index < -0.39 is 14.6 Å². The first-order valence-corrected chi connectivity index (χ1v) is 7.75. The van der Waals surface area contributed by atoms with Crippen molar-refractivity contribution in [3.63, 3.8) is 0 Å². The number of sulfone groups is 1. The first-order valence-electron chi connectivity index (χ1n) is 5.39. The van der Waals surface area contributed by atoms with Crippen LogP contribution in [0.3, 0.4) is 0 Å². The minimum Gasteiger partial charge on any atom is -0.291 e. The van der Waals surface area contributed by atoms with Crippen LogP contribution in [0.1, 0.15) is 32.6 Å². The zero-order chi connectivity index (χ0) is 13.3. The Balaban J connectivity index is 3.17. The summed E-state index contributed by atoms with van der Waals surface area (Å²) in [5.74, 6) is -0.275. The lowest BCUT2D eigenvalue weighted by atomic mass is 10.1. The second-order valence-corrected chi connectivity index (χ2v) is 8.72. The first kappa shape index (κ1) is 14.4. The molecular weight excluding hydrogens is 256 g/mol. The number of rotatable bonds is 4. The largest absolute Gasteiger partial charge is 0.291 e. The number of carbonyl (C=O) groups excluding carboxylic acids is 1. The van der Waals surface area contributed by atoms with Crippen molar-refractivity contribution < 1.29 is 13.2 Å². The summed E-state index contributed by atoms with van der Waals surface area (Å²) in [4.78, 5) is 11.6. The van der Waals surface area contributed by atoms with Crippen molar-refractivity contribution in [2.45, 2.75) is 43.8 Å². The zero-order valence-corrected chi connectivity index (χ0v) is 12.1. The molecule has 1 unspecified atom stereocenters. The summed E-state index contributed by atoms with van der Waals surface area (Å²) in [5.41, 5.74) is 0. The van der Waals surface area contributed by atoms with E-state index in [1.54, 1.807) is 39.1 Å². The Labute approximate surface area is 107 Å². The van der Waals surface area contributed by atoms with Crippen LogP contribution in [-0.4, -0.2) is 19.5 Å². The summed E-state index contributed by atoms with van der Waals surface area (Å²) in [6.07, 6.45) is 2.32. The van der Waals surface area contributed by atoms with Crippen molar-refractivity contribution in [1.29, 1.82) is 0 Å². The Kier molecular flexibility index (Phi) is 4.15. The van der Waals surface area contributed by atoms with Gasteiger partial charge in [0.15, 0.2) is 9.84 Å². The molecule has 0 aliphatic heterocycles. The summed E-state index contributed by atoms with van der Waals surface area (Å²) >= 11 is 1.38. The third kappa shape index (κ3) is 2.96. The molecule has 3 nitrogen and oxygen atoms in total. The SMILES string of the molecule is CC([C]=O)Cc1sccc1S(=O)(=O)C(C)(C)C. The van der Waals surface area contributed by atoms with Gasteiger partial charge >= 0.3 is 0 Å². The van der Waals surface area contributed by atoms with Crippen LogP contribution in [0.25, 0.3) is 0 Å². The maximum atomic E-state index is 12.3. The van der Waals surface area contributed by atoms with Crippen LogP contribution in [0.4, 0.5) is 0 Å². The van der Waals surface area contributed by atoms with Gasteiger partial charge < -0.3 is 0 Å². The molecule has 0 saturated heterocycles. The van der Waals surface area contributed by atoms with Crippen LogP contribution >= 0.6 is 11.3 Å². The van der Waals surface area contributed by atoms with Crippen molar-refractivity contribution >= 4 is 27.5 Å². The lowest BCUT2D eigenvalue weighted by Crippen LogP contribution is -2.28. The average molecular weight is 273 g/mol. The second-order valence-electron chi connectivity index (χ2n) is 5.05. The van der Waals surface area contributed by atoms with E-state index in [0.29, 0.717) is 11.3 Å². The van der Waals surface area contributed by atoms with Crippen LogP contribution < -0.4 is 0 Å². The van der Waals surface area contributed by atoms with Crippen LogP contribution in [-0.2, 0) is 21.1 Å². The fourth-order valence-corrected chi connectivity index (χ4v) is 4.12. The Morgan fingerprint density at radius 2 is 2.00 bits per heavy atom. The highest BCUT2D eigenvalue weighted by Crippen LogP contribution is 2.31. The summed E-state index contributed by atoms with van der Waals surface area (Å²) in [5, 5.41) is 1.76. The van der Waals surface area contributed by atoms with E-state index in [4.69, 9.17) is 0 Å². The van der Waals surface area contributed by atoms with Gasteiger partial charge in [-0.15, -0.1) is 11.3 Å². The summed E-state index contributed by atoms with van der Waals surface area (Å²) < 4.78 is 23.8. The first-order chi connectivity index (χ1) is 7.70. The van der Waals surface area contributed by atoms with E-state index >= 15 is 0 Å². The van der Waals surface area contributed by atoms with E-state index in [2.05, 4.69) is 0 Å². The van der Waals surface area contributed by atoms with Gasteiger partial charge in [-0.1, -0.05) is 6.92 Å². The third-order valence-electron chi connectivity index (χ3n) is 2.49. The minimum absolute atomic E-state index is 0.275. The van der Waals surface area contributed by atoms with Gasteiger partial charge in [0.1, 0.15) is 0 Å². The monoisotopic (exact) mass is 273 g/mol. The Bertz CT molecular complexity index is 492. The van der Waals surface area contributed by atoms with Crippen molar-refractivity contribution in [2.75, 3.05) is 0 Å². The number of thiophene rings is 1. The molecule has 1 aromatic heterocycles. The molecule has 1 atom stereocenters.